The summed E-state index contributed by atoms with van der Waals surface area (Å²) in [7, 11) is 0. The van der Waals surface area contributed by atoms with Gasteiger partial charge in [0.05, 0.1) is 0 Å². The molecule has 0 unspecified atom stereocenters. The van der Waals surface area contributed by atoms with Gasteiger partial charge in [0, 0.05) is 12.1 Å². The van der Waals surface area contributed by atoms with Crippen LogP contribution in [0.4, 0.5) is 0 Å². The highest BCUT2D eigenvalue weighted by Gasteiger charge is 2.11. The zero-order valence-corrected chi connectivity index (χ0v) is 7.82. The van der Waals surface area contributed by atoms with Crippen LogP contribution in [-0.2, 0) is 4.79 Å². The van der Waals surface area contributed by atoms with Crippen LogP contribution >= 0.6 is 0 Å². The molecule has 2 heteroatoms. The Morgan fingerprint density at radius 2 is 1.91 bits per heavy atom. The quantitative estimate of drug-likeness (QED) is 0.604. The minimum atomic E-state index is -0.0556. The van der Waals surface area contributed by atoms with Crippen molar-refractivity contribution < 1.29 is 4.79 Å². The Morgan fingerprint density at radius 1 is 1.45 bits per heavy atom. The van der Waals surface area contributed by atoms with Gasteiger partial charge in [0.25, 0.3) is 0 Å². The summed E-state index contributed by atoms with van der Waals surface area (Å²) in [5.74, 6) is -0.0556. The highest BCUT2D eigenvalue weighted by atomic mass is 16.1. The molecule has 0 aromatic heterocycles. The fourth-order valence-electron chi connectivity index (χ4n) is 0.496. The van der Waals surface area contributed by atoms with E-state index in [1.165, 1.54) is 0 Å². The summed E-state index contributed by atoms with van der Waals surface area (Å²) in [6, 6.07) is 0. The predicted molar refractivity (Wildman–Crippen MR) is 47.3 cm³/mol. The van der Waals surface area contributed by atoms with Gasteiger partial charge in [-0.25, -0.2) is 0 Å². The van der Waals surface area contributed by atoms with E-state index in [0.29, 0.717) is 12.1 Å². The van der Waals surface area contributed by atoms with Crippen LogP contribution in [-0.4, -0.2) is 12.5 Å². The first-order valence-corrected chi connectivity index (χ1v) is 3.76. The third-order valence-corrected chi connectivity index (χ3v) is 1.17. The minimum Gasteiger partial charge on any atom is -0.352 e. The van der Waals surface area contributed by atoms with Gasteiger partial charge in [-0.2, -0.15) is 0 Å². The summed E-state index contributed by atoms with van der Waals surface area (Å²) in [4.78, 5) is 11.0. The van der Waals surface area contributed by atoms with Gasteiger partial charge in [-0.05, 0) is 12.3 Å². The van der Waals surface area contributed by atoms with Crippen LogP contribution in [0.25, 0.3) is 0 Å². The van der Waals surface area contributed by atoms with E-state index >= 15 is 0 Å². The van der Waals surface area contributed by atoms with E-state index in [2.05, 4.69) is 32.7 Å². The Morgan fingerprint density at radius 3 is 2.18 bits per heavy atom. The van der Waals surface area contributed by atoms with Crippen molar-refractivity contribution in [3.05, 3.63) is 12.2 Å². The van der Waals surface area contributed by atoms with Crippen molar-refractivity contribution in [2.24, 2.45) is 5.41 Å². The molecule has 11 heavy (non-hydrogen) atoms. The third-order valence-electron chi connectivity index (χ3n) is 1.17. The van der Waals surface area contributed by atoms with E-state index in [4.69, 9.17) is 0 Å². The molecule has 1 N–H and O–H groups in total. The van der Waals surface area contributed by atoms with E-state index in [1.54, 1.807) is 6.92 Å². The SMILES string of the molecule is C=C(C)C(=O)NCC(C)(C)C. The van der Waals surface area contributed by atoms with Gasteiger partial charge >= 0.3 is 0 Å². The number of rotatable bonds is 2. The number of nitrogens with one attached hydrogen (secondary N) is 1. The van der Waals surface area contributed by atoms with E-state index in [9.17, 15) is 4.79 Å². The average Bonchev–Trinajstić information content (AvgIpc) is 1.80. The topological polar surface area (TPSA) is 29.1 Å². The molecule has 0 radical (unpaired) electrons. The van der Waals surface area contributed by atoms with Crippen LogP contribution in [0.1, 0.15) is 27.7 Å². The maximum atomic E-state index is 11.0. The molecule has 64 valence electrons. The molecular formula is C9H17NO. The standard InChI is InChI=1S/C9H17NO/c1-7(2)8(11)10-6-9(3,4)5/h1,6H2,2-5H3,(H,10,11). The monoisotopic (exact) mass is 155 g/mol. The molecule has 0 saturated heterocycles. The molecule has 0 aliphatic carbocycles. The van der Waals surface area contributed by atoms with Crippen molar-refractivity contribution in [1.29, 1.82) is 0 Å². The second kappa shape index (κ2) is 3.56. The normalized spacial score (nSPS) is 10.9. The van der Waals surface area contributed by atoms with Crippen molar-refractivity contribution >= 4 is 5.91 Å². The van der Waals surface area contributed by atoms with Gasteiger partial charge in [0.1, 0.15) is 0 Å². The molecular weight excluding hydrogens is 138 g/mol. The van der Waals surface area contributed by atoms with Crippen molar-refractivity contribution in [2.45, 2.75) is 27.7 Å². The smallest absolute Gasteiger partial charge is 0.246 e. The lowest BCUT2D eigenvalue weighted by Crippen LogP contribution is -2.32. The summed E-state index contributed by atoms with van der Waals surface area (Å²) in [5, 5.41) is 2.78. The number of hydrogen-bond acceptors (Lipinski definition) is 1. The second-order valence-electron chi connectivity index (χ2n) is 4.02. The summed E-state index contributed by atoms with van der Waals surface area (Å²) < 4.78 is 0. The van der Waals surface area contributed by atoms with Crippen LogP contribution in [0.15, 0.2) is 12.2 Å². The number of amides is 1. The van der Waals surface area contributed by atoms with Crippen LogP contribution in [0.3, 0.4) is 0 Å². The molecule has 0 aromatic rings. The molecule has 0 heterocycles. The molecule has 0 aliphatic heterocycles. The van der Waals surface area contributed by atoms with E-state index in [0.717, 1.165) is 0 Å². The van der Waals surface area contributed by atoms with E-state index < -0.39 is 0 Å². The first kappa shape index (κ1) is 10.2. The van der Waals surface area contributed by atoms with Crippen molar-refractivity contribution in [3.8, 4) is 0 Å². The summed E-state index contributed by atoms with van der Waals surface area (Å²) in [6.45, 7) is 12.2. The van der Waals surface area contributed by atoms with E-state index in [-0.39, 0.29) is 11.3 Å². The van der Waals surface area contributed by atoms with Gasteiger partial charge in [-0.3, -0.25) is 4.79 Å². The van der Waals surface area contributed by atoms with Crippen LogP contribution in [0.2, 0.25) is 0 Å². The molecule has 1 amide bonds. The average molecular weight is 155 g/mol. The zero-order chi connectivity index (χ0) is 9.07. The maximum absolute atomic E-state index is 11.0. The fourth-order valence-corrected chi connectivity index (χ4v) is 0.496. The third kappa shape index (κ3) is 5.64. The highest BCUT2D eigenvalue weighted by Crippen LogP contribution is 2.10. The maximum Gasteiger partial charge on any atom is 0.246 e. The van der Waals surface area contributed by atoms with Gasteiger partial charge in [-0.1, -0.05) is 27.4 Å². The molecule has 2 nitrogen and oxygen atoms in total. The summed E-state index contributed by atoms with van der Waals surface area (Å²) in [5.41, 5.74) is 0.708. The lowest BCUT2D eigenvalue weighted by Gasteiger charge is -2.18. The highest BCUT2D eigenvalue weighted by molar-refractivity contribution is 5.92. The first-order valence-electron chi connectivity index (χ1n) is 3.76. The Kier molecular flexibility index (Phi) is 3.30. The minimum absolute atomic E-state index is 0.0556. The number of carbonyl (C=O) groups excluding carboxylic acids is 1. The Balaban J connectivity index is 3.73. The zero-order valence-electron chi connectivity index (χ0n) is 7.82. The molecule has 0 aliphatic rings. The molecule has 0 fully saturated rings. The van der Waals surface area contributed by atoms with Gasteiger partial charge in [0.2, 0.25) is 5.91 Å². The second-order valence-corrected chi connectivity index (χ2v) is 4.02. The molecule has 0 aromatic carbocycles. The Labute approximate surface area is 68.7 Å². The summed E-state index contributed by atoms with van der Waals surface area (Å²) in [6.07, 6.45) is 0. The van der Waals surface area contributed by atoms with E-state index in [1.807, 2.05) is 0 Å². The Hall–Kier alpha value is -0.790. The lowest BCUT2D eigenvalue weighted by atomic mass is 9.97. The number of hydrogen-bond donors (Lipinski definition) is 1. The van der Waals surface area contributed by atoms with Crippen LogP contribution < -0.4 is 5.32 Å². The molecule has 0 atom stereocenters. The summed E-state index contributed by atoms with van der Waals surface area (Å²) >= 11 is 0. The predicted octanol–water partition coefficient (Wildman–Crippen LogP) is 1.72. The van der Waals surface area contributed by atoms with Gasteiger partial charge in [0.15, 0.2) is 0 Å². The van der Waals surface area contributed by atoms with Crippen molar-refractivity contribution in [2.75, 3.05) is 6.54 Å². The lowest BCUT2D eigenvalue weighted by molar-refractivity contribution is -0.117. The molecule has 0 spiro atoms. The van der Waals surface area contributed by atoms with Gasteiger partial charge in [-0.15, -0.1) is 0 Å². The van der Waals surface area contributed by atoms with Crippen LogP contribution in [0.5, 0.6) is 0 Å². The van der Waals surface area contributed by atoms with Gasteiger partial charge < -0.3 is 5.32 Å². The molecule has 0 bridgehead atoms. The van der Waals surface area contributed by atoms with Crippen molar-refractivity contribution in [1.82, 2.24) is 5.32 Å². The fraction of sp³-hybridized carbons (Fsp3) is 0.667. The number of carbonyl (C=O) groups is 1. The largest absolute Gasteiger partial charge is 0.352 e. The molecule has 0 rings (SSSR count). The Bertz CT molecular complexity index is 165. The molecule has 0 saturated carbocycles. The first-order chi connectivity index (χ1) is 4.83. The van der Waals surface area contributed by atoms with Crippen molar-refractivity contribution in [3.63, 3.8) is 0 Å². The van der Waals surface area contributed by atoms with Crippen LogP contribution in [0, 0.1) is 5.41 Å².